The second-order valence-corrected chi connectivity index (χ2v) is 7.67. The summed E-state index contributed by atoms with van der Waals surface area (Å²) in [5.41, 5.74) is -0.425. The molecule has 1 aliphatic carbocycles. The molecule has 5 nitrogen and oxygen atoms in total. The summed E-state index contributed by atoms with van der Waals surface area (Å²) < 4.78 is 5.28. The number of amides is 1. The largest absolute Gasteiger partial charge is 0.444 e. The highest BCUT2D eigenvalue weighted by Crippen LogP contribution is 2.24. The lowest BCUT2D eigenvalue weighted by Gasteiger charge is -2.35. The molecule has 1 aliphatic heterocycles. The number of nitrogens with zero attached hydrogens (tertiary/aromatic N) is 1. The molecule has 1 heterocycles. The van der Waals surface area contributed by atoms with E-state index >= 15 is 0 Å². The lowest BCUT2D eigenvalue weighted by molar-refractivity contribution is 0.0521. The van der Waals surface area contributed by atoms with Gasteiger partial charge in [0.15, 0.2) is 0 Å². The van der Waals surface area contributed by atoms with Crippen molar-refractivity contribution in [1.29, 1.82) is 0 Å². The summed E-state index contributed by atoms with van der Waals surface area (Å²) in [4.78, 5) is 14.2. The Morgan fingerprint density at radius 3 is 2.33 bits per heavy atom. The highest BCUT2D eigenvalue weighted by Gasteiger charge is 2.40. The lowest BCUT2D eigenvalue weighted by atomic mass is 10.0. The molecule has 21 heavy (non-hydrogen) atoms. The maximum Gasteiger partial charge on any atom is 0.407 e. The molecule has 2 fully saturated rings. The molecule has 0 aromatic rings. The van der Waals surface area contributed by atoms with Crippen LogP contribution in [0.1, 0.15) is 53.9 Å². The van der Waals surface area contributed by atoms with Gasteiger partial charge in [-0.1, -0.05) is 0 Å². The van der Waals surface area contributed by atoms with Crippen LogP contribution in [-0.4, -0.2) is 53.9 Å². The van der Waals surface area contributed by atoms with Crippen LogP contribution in [0.4, 0.5) is 4.79 Å². The van der Waals surface area contributed by atoms with E-state index in [1.807, 2.05) is 20.8 Å². The molecule has 2 unspecified atom stereocenters. The minimum atomic E-state index is -0.425. The molecule has 2 N–H and O–H groups in total. The fourth-order valence-electron chi connectivity index (χ4n) is 2.88. The fraction of sp³-hybridized carbons (Fsp3) is 0.938. The van der Waals surface area contributed by atoms with Gasteiger partial charge in [-0.05, 0) is 67.0 Å². The highest BCUT2D eigenvalue weighted by molar-refractivity contribution is 5.68. The molecule has 2 rings (SSSR count). The third-order valence-electron chi connectivity index (χ3n) is 4.20. The molecule has 5 heteroatoms. The van der Waals surface area contributed by atoms with E-state index in [-0.39, 0.29) is 12.1 Å². The van der Waals surface area contributed by atoms with Crippen LogP contribution < -0.4 is 10.6 Å². The van der Waals surface area contributed by atoms with E-state index < -0.39 is 5.60 Å². The Hall–Kier alpha value is -0.810. The van der Waals surface area contributed by atoms with Crippen LogP contribution in [0, 0.1) is 0 Å². The normalized spacial score (nSPS) is 27.7. The average molecular weight is 297 g/mol. The molecule has 0 bridgehead atoms. The first-order valence-electron chi connectivity index (χ1n) is 8.24. The molecule has 0 aromatic carbocycles. The number of alkyl carbamates (subject to hydrolysis) is 1. The quantitative estimate of drug-likeness (QED) is 0.834. The van der Waals surface area contributed by atoms with E-state index in [4.69, 9.17) is 4.74 Å². The summed E-state index contributed by atoms with van der Waals surface area (Å²) in [6.45, 7) is 12.5. The molecule has 2 aliphatic rings. The van der Waals surface area contributed by atoms with E-state index in [9.17, 15) is 4.79 Å². The summed E-state index contributed by atoms with van der Waals surface area (Å²) in [5.74, 6) is 0. The van der Waals surface area contributed by atoms with E-state index in [1.54, 1.807) is 0 Å². The molecule has 0 aromatic heterocycles. The van der Waals surface area contributed by atoms with Gasteiger partial charge in [0, 0.05) is 24.2 Å². The molecule has 0 radical (unpaired) electrons. The number of hydrogen-bond donors (Lipinski definition) is 2. The van der Waals surface area contributed by atoms with Crippen LogP contribution >= 0.6 is 0 Å². The van der Waals surface area contributed by atoms with E-state index in [1.165, 1.54) is 25.9 Å². The predicted molar refractivity (Wildman–Crippen MR) is 84.4 cm³/mol. The third kappa shape index (κ3) is 5.47. The van der Waals surface area contributed by atoms with Crippen LogP contribution in [0.25, 0.3) is 0 Å². The second kappa shape index (κ2) is 6.53. The Labute approximate surface area is 128 Å². The van der Waals surface area contributed by atoms with Gasteiger partial charge in [0.2, 0.25) is 0 Å². The number of nitrogens with one attached hydrogen (secondary N) is 2. The van der Waals surface area contributed by atoms with Crippen molar-refractivity contribution < 1.29 is 9.53 Å². The van der Waals surface area contributed by atoms with Crippen molar-refractivity contribution in [2.24, 2.45) is 0 Å². The topological polar surface area (TPSA) is 53.6 Å². The highest BCUT2D eigenvalue weighted by atomic mass is 16.6. The average Bonchev–Trinajstić information content (AvgIpc) is 3.05. The van der Waals surface area contributed by atoms with E-state index in [0.29, 0.717) is 18.1 Å². The zero-order chi connectivity index (χ0) is 15.6. The van der Waals surface area contributed by atoms with Crippen LogP contribution in [0.3, 0.4) is 0 Å². The Morgan fingerprint density at radius 1 is 1.19 bits per heavy atom. The Morgan fingerprint density at radius 2 is 1.81 bits per heavy atom. The van der Waals surface area contributed by atoms with Crippen molar-refractivity contribution in [3.63, 3.8) is 0 Å². The van der Waals surface area contributed by atoms with Gasteiger partial charge in [-0.3, -0.25) is 0 Å². The molecule has 1 saturated heterocycles. The van der Waals surface area contributed by atoms with Crippen LogP contribution in [0.15, 0.2) is 0 Å². The first kappa shape index (κ1) is 16.6. The van der Waals surface area contributed by atoms with Gasteiger partial charge < -0.3 is 20.3 Å². The minimum Gasteiger partial charge on any atom is -0.444 e. The molecule has 2 atom stereocenters. The third-order valence-corrected chi connectivity index (χ3v) is 4.20. The molecule has 0 spiro atoms. The zero-order valence-corrected chi connectivity index (χ0v) is 14.1. The molecule has 122 valence electrons. The van der Waals surface area contributed by atoms with E-state index in [0.717, 1.165) is 6.42 Å². The summed E-state index contributed by atoms with van der Waals surface area (Å²) in [6.07, 6.45) is 3.12. The standard InChI is InChI=1S/C16H31N3O2/c1-11(2)19-8-6-12(7-9-19)17-13-10-14(13)18-15(20)21-16(3,4)5/h11-14,17H,6-10H2,1-5H3,(H,18,20). The van der Waals surface area contributed by atoms with Crippen LogP contribution in [-0.2, 0) is 4.74 Å². The zero-order valence-electron chi connectivity index (χ0n) is 14.1. The Balaban J connectivity index is 1.63. The van der Waals surface area contributed by atoms with Gasteiger partial charge >= 0.3 is 6.09 Å². The molecular weight excluding hydrogens is 266 g/mol. The van der Waals surface area contributed by atoms with Gasteiger partial charge in [-0.2, -0.15) is 0 Å². The van der Waals surface area contributed by atoms with Crippen molar-refractivity contribution in [2.45, 2.75) is 83.6 Å². The van der Waals surface area contributed by atoms with Gasteiger partial charge in [0.25, 0.3) is 0 Å². The molecular formula is C16H31N3O2. The van der Waals surface area contributed by atoms with Gasteiger partial charge in [-0.15, -0.1) is 0 Å². The number of likely N-dealkylation sites (tertiary alicyclic amines) is 1. The Kier molecular flexibility index (Phi) is 5.15. The van der Waals surface area contributed by atoms with Crippen molar-refractivity contribution in [3.8, 4) is 0 Å². The first-order chi connectivity index (χ1) is 9.74. The number of piperidine rings is 1. The summed E-state index contributed by atoms with van der Waals surface area (Å²) in [5, 5.41) is 6.62. The molecule has 1 saturated carbocycles. The number of carbonyl (C=O) groups excluding carboxylic acids is 1. The summed E-state index contributed by atoms with van der Waals surface area (Å²) in [6, 6.07) is 1.90. The van der Waals surface area contributed by atoms with Crippen molar-refractivity contribution >= 4 is 6.09 Å². The van der Waals surface area contributed by atoms with E-state index in [2.05, 4.69) is 29.4 Å². The summed E-state index contributed by atoms with van der Waals surface area (Å²) >= 11 is 0. The van der Waals surface area contributed by atoms with Gasteiger partial charge in [-0.25, -0.2) is 4.79 Å². The first-order valence-corrected chi connectivity index (χ1v) is 8.24. The van der Waals surface area contributed by atoms with Crippen molar-refractivity contribution in [1.82, 2.24) is 15.5 Å². The Bertz CT molecular complexity index is 357. The smallest absolute Gasteiger partial charge is 0.407 e. The maximum atomic E-state index is 11.7. The predicted octanol–water partition coefficient (Wildman–Crippen LogP) is 2.11. The number of hydrogen-bond acceptors (Lipinski definition) is 4. The van der Waals surface area contributed by atoms with Crippen molar-refractivity contribution in [3.05, 3.63) is 0 Å². The minimum absolute atomic E-state index is 0.239. The second-order valence-electron chi connectivity index (χ2n) is 7.67. The summed E-state index contributed by atoms with van der Waals surface area (Å²) in [7, 11) is 0. The van der Waals surface area contributed by atoms with Gasteiger partial charge in [0.05, 0.1) is 0 Å². The lowest BCUT2D eigenvalue weighted by Crippen LogP contribution is -2.46. The van der Waals surface area contributed by atoms with Crippen LogP contribution in [0.5, 0.6) is 0 Å². The number of ether oxygens (including phenoxy) is 1. The SMILES string of the molecule is CC(C)N1CCC(NC2CC2NC(=O)OC(C)(C)C)CC1. The van der Waals surface area contributed by atoms with Crippen LogP contribution in [0.2, 0.25) is 0 Å². The van der Waals surface area contributed by atoms with Crippen molar-refractivity contribution in [2.75, 3.05) is 13.1 Å². The van der Waals surface area contributed by atoms with Gasteiger partial charge in [0.1, 0.15) is 5.60 Å². The fourth-order valence-corrected chi connectivity index (χ4v) is 2.88. The number of rotatable bonds is 4. The maximum absolute atomic E-state index is 11.7. The molecule has 1 amide bonds. The number of carbonyl (C=O) groups is 1. The monoisotopic (exact) mass is 297 g/mol.